The lowest BCUT2D eigenvalue weighted by atomic mass is 9.96. The Morgan fingerprint density at radius 1 is 1.33 bits per heavy atom. The largest absolute Gasteiger partial charge is 0.501 e. The molecule has 1 aromatic carbocycles. The summed E-state index contributed by atoms with van der Waals surface area (Å²) in [6.45, 7) is 0.868. The molecule has 0 bridgehead atoms. The number of carbonyl (C=O) groups excluding carboxylic acids is 2. The van der Waals surface area contributed by atoms with Gasteiger partial charge >= 0.3 is 0 Å². The number of anilines is 1. The number of likely N-dealkylation sites (tertiary alicyclic amines) is 1. The fourth-order valence-corrected chi connectivity index (χ4v) is 3.90. The minimum Gasteiger partial charge on any atom is -0.501 e. The number of carbonyl (C=O) groups is 2. The average Bonchev–Trinajstić information content (AvgIpc) is 3.35. The number of piperidine rings is 1. The minimum absolute atomic E-state index is 0.159. The van der Waals surface area contributed by atoms with Crippen molar-refractivity contribution in [3.05, 3.63) is 64.2 Å². The van der Waals surface area contributed by atoms with Crippen molar-refractivity contribution in [2.45, 2.75) is 18.8 Å². The molecule has 11 heteroatoms. The SMILES string of the molecule is COc1cccc(C(=O)N2CCCC(c3nc(C(=O)Nc4cnoc4)c(O)c(=O)n3C)C2)c1. The molecule has 2 amide bonds. The molecule has 1 fully saturated rings. The van der Waals surface area contributed by atoms with Crippen molar-refractivity contribution in [2.24, 2.45) is 7.05 Å². The smallest absolute Gasteiger partial charge is 0.296 e. The predicted octanol–water partition coefficient (Wildman–Crippen LogP) is 1.75. The molecule has 0 saturated carbocycles. The first-order chi connectivity index (χ1) is 15.9. The number of methoxy groups -OCH3 is 1. The summed E-state index contributed by atoms with van der Waals surface area (Å²) in [5.41, 5.74) is -0.384. The first-order valence-electron chi connectivity index (χ1n) is 10.3. The molecule has 172 valence electrons. The zero-order valence-electron chi connectivity index (χ0n) is 18.1. The van der Waals surface area contributed by atoms with Crippen LogP contribution in [0.4, 0.5) is 5.69 Å². The standard InChI is InChI=1S/C22H23N5O6/c1-26-19(25-17(18(28)22(26)31)20(29)24-15-10-23-33-12-15)14-6-4-8-27(11-14)21(30)13-5-3-7-16(9-13)32-2/h3,5,7,9-10,12,14,28H,4,6,8,11H2,1-2H3,(H,24,29). The van der Waals surface area contributed by atoms with Crippen LogP contribution in [0.3, 0.4) is 0 Å². The second-order valence-corrected chi connectivity index (χ2v) is 7.72. The second-order valence-electron chi connectivity index (χ2n) is 7.72. The lowest BCUT2D eigenvalue weighted by Gasteiger charge is -2.33. The summed E-state index contributed by atoms with van der Waals surface area (Å²) in [6.07, 6.45) is 3.85. The maximum atomic E-state index is 13.1. The molecule has 33 heavy (non-hydrogen) atoms. The zero-order valence-corrected chi connectivity index (χ0v) is 18.1. The van der Waals surface area contributed by atoms with E-state index in [9.17, 15) is 19.5 Å². The Bertz CT molecular complexity index is 1240. The fraction of sp³-hybridized carbons (Fsp3) is 0.318. The number of aromatic hydroxyl groups is 1. The average molecular weight is 453 g/mol. The molecular formula is C22H23N5O6. The summed E-state index contributed by atoms with van der Waals surface area (Å²) in [4.78, 5) is 44.3. The number of rotatable bonds is 5. The van der Waals surface area contributed by atoms with Crippen LogP contribution in [0, 0.1) is 0 Å². The number of nitrogens with zero attached hydrogens (tertiary/aromatic N) is 4. The Hall–Kier alpha value is -4.15. The number of benzene rings is 1. The Labute approximate surface area is 188 Å². The van der Waals surface area contributed by atoms with Crippen LogP contribution in [-0.4, -0.2) is 56.7 Å². The van der Waals surface area contributed by atoms with Crippen LogP contribution >= 0.6 is 0 Å². The van der Waals surface area contributed by atoms with Gasteiger partial charge in [0.25, 0.3) is 17.4 Å². The Balaban J connectivity index is 1.61. The molecule has 1 atom stereocenters. The van der Waals surface area contributed by atoms with Crippen LogP contribution < -0.4 is 15.6 Å². The van der Waals surface area contributed by atoms with E-state index in [1.54, 1.807) is 29.2 Å². The quantitative estimate of drug-likeness (QED) is 0.596. The number of amides is 2. The van der Waals surface area contributed by atoms with Crippen LogP contribution in [0.5, 0.6) is 11.5 Å². The molecule has 3 heterocycles. The van der Waals surface area contributed by atoms with E-state index in [2.05, 4.69) is 20.0 Å². The molecule has 0 radical (unpaired) electrons. The molecule has 3 aromatic rings. The Morgan fingerprint density at radius 3 is 2.88 bits per heavy atom. The van der Waals surface area contributed by atoms with Gasteiger partial charge in [-0.3, -0.25) is 19.0 Å². The van der Waals surface area contributed by atoms with Gasteiger partial charge in [-0.15, -0.1) is 0 Å². The number of aromatic nitrogens is 3. The number of hydrogen-bond acceptors (Lipinski definition) is 8. The predicted molar refractivity (Wildman–Crippen MR) is 116 cm³/mol. The van der Waals surface area contributed by atoms with Gasteiger partial charge in [0, 0.05) is 31.6 Å². The van der Waals surface area contributed by atoms with E-state index in [0.717, 1.165) is 0 Å². The van der Waals surface area contributed by atoms with Gasteiger partial charge in [0.05, 0.1) is 13.3 Å². The van der Waals surface area contributed by atoms with E-state index in [1.807, 2.05) is 0 Å². The third-order valence-electron chi connectivity index (χ3n) is 5.60. The highest BCUT2D eigenvalue weighted by molar-refractivity contribution is 6.04. The molecule has 2 aromatic heterocycles. The van der Waals surface area contributed by atoms with E-state index in [4.69, 9.17) is 4.74 Å². The van der Waals surface area contributed by atoms with Crippen LogP contribution in [0.25, 0.3) is 0 Å². The topological polar surface area (TPSA) is 140 Å². The van der Waals surface area contributed by atoms with E-state index in [1.165, 1.54) is 31.2 Å². The summed E-state index contributed by atoms with van der Waals surface area (Å²) >= 11 is 0. The lowest BCUT2D eigenvalue weighted by molar-refractivity contribution is 0.0702. The van der Waals surface area contributed by atoms with Crippen molar-refractivity contribution in [3.8, 4) is 11.5 Å². The maximum absolute atomic E-state index is 13.1. The van der Waals surface area contributed by atoms with Crippen LogP contribution in [0.2, 0.25) is 0 Å². The molecule has 1 aliphatic rings. The number of nitrogens with one attached hydrogen (secondary N) is 1. The van der Waals surface area contributed by atoms with Gasteiger partial charge in [-0.05, 0) is 31.0 Å². The lowest BCUT2D eigenvalue weighted by Crippen LogP contribution is -2.41. The third kappa shape index (κ3) is 4.43. The van der Waals surface area contributed by atoms with Crippen LogP contribution in [0.1, 0.15) is 45.4 Å². The monoisotopic (exact) mass is 453 g/mol. The van der Waals surface area contributed by atoms with Gasteiger partial charge in [-0.2, -0.15) is 0 Å². The fourth-order valence-electron chi connectivity index (χ4n) is 3.90. The van der Waals surface area contributed by atoms with E-state index in [-0.39, 0.29) is 17.5 Å². The van der Waals surface area contributed by atoms with E-state index in [0.29, 0.717) is 43.1 Å². The van der Waals surface area contributed by atoms with Crippen molar-refractivity contribution >= 4 is 17.5 Å². The molecule has 0 aliphatic carbocycles. The van der Waals surface area contributed by atoms with E-state index < -0.39 is 22.9 Å². The molecule has 11 nitrogen and oxygen atoms in total. The Kier molecular flexibility index (Phi) is 6.11. The molecule has 1 unspecified atom stereocenters. The van der Waals surface area contributed by atoms with Gasteiger partial charge in [-0.25, -0.2) is 4.98 Å². The van der Waals surface area contributed by atoms with E-state index >= 15 is 0 Å². The van der Waals surface area contributed by atoms with Gasteiger partial charge in [0.15, 0.2) is 5.69 Å². The highest BCUT2D eigenvalue weighted by Gasteiger charge is 2.30. The number of hydrogen-bond donors (Lipinski definition) is 2. The first-order valence-corrected chi connectivity index (χ1v) is 10.3. The molecule has 0 spiro atoms. The van der Waals surface area contributed by atoms with Crippen molar-refractivity contribution in [1.82, 2.24) is 19.6 Å². The molecule has 2 N–H and O–H groups in total. The van der Waals surface area contributed by atoms with Crippen molar-refractivity contribution in [3.63, 3.8) is 0 Å². The van der Waals surface area contributed by atoms with Gasteiger partial charge in [0.2, 0.25) is 5.75 Å². The summed E-state index contributed by atoms with van der Waals surface area (Å²) < 4.78 is 11.1. The molecular weight excluding hydrogens is 430 g/mol. The maximum Gasteiger partial charge on any atom is 0.296 e. The molecule has 1 aliphatic heterocycles. The second kappa shape index (κ2) is 9.15. The van der Waals surface area contributed by atoms with Crippen molar-refractivity contribution in [1.29, 1.82) is 0 Å². The minimum atomic E-state index is -0.769. The van der Waals surface area contributed by atoms with Crippen molar-refractivity contribution < 1.29 is 24.0 Å². The van der Waals surface area contributed by atoms with Crippen LogP contribution in [-0.2, 0) is 7.05 Å². The summed E-state index contributed by atoms with van der Waals surface area (Å²) in [6, 6.07) is 6.90. The first kappa shape index (κ1) is 22.1. The van der Waals surface area contributed by atoms with Crippen molar-refractivity contribution in [2.75, 3.05) is 25.5 Å². The normalized spacial score (nSPS) is 15.8. The summed E-state index contributed by atoms with van der Waals surface area (Å²) in [5.74, 6) is -1.08. The Morgan fingerprint density at radius 2 is 2.15 bits per heavy atom. The molecule has 1 saturated heterocycles. The zero-order chi connectivity index (χ0) is 23.5. The van der Waals surface area contributed by atoms with Gasteiger partial charge in [0.1, 0.15) is 23.5 Å². The number of ether oxygens (including phenoxy) is 1. The van der Waals surface area contributed by atoms with Crippen LogP contribution in [0.15, 0.2) is 46.0 Å². The summed E-state index contributed by atoms with van der Waals surface area (Å²) in [5, 5.41) is 16.2. The third-order valence-corrected chi connectivity index (χ3v) is 5.60. The van der Waals surface area contributed by atoms with Gasteiger partial charge < -0.3 is 24.6 Å². The highest BCUT2D eigenvalue weighted by atomic mass is 16.5. The molecule has 4 rings (SSSR count). The van der Waals surface area contributed by atoms with Gasteiger partial charge in [-0.1, -0.05) is 11.2 Å². The highest BCUT2D eigenvalue weighted by Crippen LogP contribution is 2.28. The summed E-state index contributed by atoms with van der Waals surface area (Å²) in [7, 11) is 3.02.